The van der Waals surface area contributed by atoms with Crippen molar-refractivity contribution in [2.45, 2.75) is 44.3 Å². The van der Waals surface area contributed by atoms with Crippen molar-refractivity contribution in [2.24, 2.45) is 0 Å². The van der Waals surface area contributed by atoms with Crippen LogP contribution in [0.5, 0.6) is 0 Å². The standard InChI is InChI=1S/C14H17NO/c16-10-12-3-1-11(2-4-12)9-15-13-5-6-14(15)8-7-13/h1-4,10,13-14H,5-9H2. The maximum Gasteiger partial charge on any atom is 0.150 e. The lowest BCUT2D eigenvalue weighted by Gasteiger charge is -2.21. The van der Waals surface area contributed by atoms with E-state index in [1.807, 2.05) is 12.1 Å². The zero-order valence-corrected chi connectivity index (χ0v) is 9.43. The summed E-state index contributed by atoms with van der Waals surface area (Å²) in [5.41, 5.74) is 2.11. The molecule has 0 saturated carbocycles. The lowest BCUT2D eigenvalue weighted by molar-refractivity contribution is 0.112. The number of aldehydes is 1. The lowest BCUT2D eigenvalue weighted by Crippen LogP contribution is -2.27. The van der Waals surface area contributed by atoms with Crippen LogP contribution in [0.1, 0.15) is 41.6 Å². The molecule has 1 aromatic rings. The third-order valence-electron chi connectivity index (χ3n) is 4.09. The quantitative estimate of drug-likeness (QED) is 0.722. The number of benzene rings is 1. The summed E-state index contributed by atoms with van der Waals surface area (Å²) < 4.78 is 0. The van der Waals surface area contributed by atoms with Gasteiger partial charge in [0.2, 0.25) is 0 Å². The predicted octanol–water partition coefficient (Wildman–Crippen LogP) is 2.63. The minimum Gasteiger partial charge on any atom is -0.298 e. The third kappa shape index (κ3) is 1.67. The normalized spacial score (nSPS) is 28.5. The fourth-order valence-corrected chi connectivity index (χ4v) is 3.19. The van der Waals surface area contributed by atoms with Gasteiger partial charge in [-0.05, 0) is 31.2 Å². The Bertz CT molecular complexity index is 364. The number of carbonyl (C=O) groups is 1. The molecule has 0 radical (unpaired) electrons. The molecule has 0 atom stereocenters. The highest BCUT2D eigenvalue weighted by Gasteiger charge is 2.38. The molecule has 84 valence electrons. The van der Waals surface area contributed by atoms with E-state index in [-0.39, 0.29) is 0 Å². The highest BCUT2D eigenvalue weighted by Crippen LogP contribution is 2.38. The monoisotopic (exact) mass is 215 g/mol. The van der Waals surface area contributed by atoms with Crippen LogP contribution >= 0.6 is 0 Å². The largest absolute Gasteiger partial charge is 0.298 e. The van der Waals surface area contributed by atoms with Crippen molar-refractivity contribution in [2.75, 3.05) is 0 Å². The molecule has 2 fully saturated rings. The maximum absolute atomic E-state index is 10.6. The van der Waals surface area contributed by atoms with Crippen LogP contribution in [0, 0.1) is 0 Å². The molecule has 0 aromatic heterocycles. The van der Waals surface area contributed by atoms with Crippen molar-refractivity contribution >= 4 is 6.29 Å². The first-order valence-corrected chi connectivity index (χ1v) is 6.16. The number of carbonyl (C=O) groups excluding carboxylic acids is 1. The molecule has 0 spiro atoms. The van der Waals surface area contributed by atoms with Crippen LogP contribution < -0.4 is 0 Å². The molecule has 1 aromatic carbocycles. The van der Waals surface area contributed by atoms with Crippen LogP contribution in [-0.4, -0.2) is 23.3 Å². The van der Waals surface area contributed by atoms with Crippen molar-refractivity contribution in [3.63, 3.8) is 0 Å². The van der Waals surface area contributed by atoms with Gasteiger partial charge in [0.15, 0.2) is 0 Å². The van der Waals surface area contributed by atoms with E-state index in [4.69, 9.17) is 0 Å². The van der Waals surface area contributed by atoms with Gasteiger partial charge in [0, 0.05) is 24.2 Å². The highest BCUT2D eigenvalue weighted by atomic mass is 16.1. The van der Waals surface area contributed by atoms with E-state index in [2.05, 4.69) is 17.0 Å². The van der Waals surface area contributed by atoms with Crippen LogP contribution in [0.2, 0.25) is 0 Å². The molecule has 0 amide bonds. The van der Waals surface area contributed by atoms with Crippen LogP contribution in [0.4, 0.5) is 0 Å². The molecule has 16 heavy (non-hydrogen) atoms. The first-order chi connectivity index (χ1) is 7.86. The number of nitrogens with zero attached hydrogens (tertiary/aromatic N) is 1. The zero-order valence-electron chi connectivity index (χ0n) is 9.43. The SMILES string of the molecule is O=Cc1ccc(CN2C3CCC2CC3)cc1. The molecule has 0 aliphatic carbocycles. The van der Waals surface area contributed by atoms with Crippen molar-refractivity contribution < 1.29 is 4.79 Å². The molecule has 3 rings (SSSR count). The zero-order chi connectivity index (χ0) is 11.0. The molecular weight excluding hydrogens is 198 g/mol. The number of hydrogen-bond donors (Lipinski definition) is 0. The smallest absolute Gasteiger partial charge is 0.150 e. The molecular formula is C14H17NO. The fourth-order valence-electron chi connectivity index (χ4n) is 3.19. The lowest BCUT2D eigenvalue weighted by atomic mass is 10.0. The summed E-state index contributed by atoms with van der Waals surface area (Å²) in [6.45, 7) is 1.06. The molecule has 2 aliphatic rings. The Kier molecular flexibility index (Phi) is 2.52. The van der Waals surface area contributed by atoms with Gasteiger partial charge in [0.25, 0.3) is 0 Å². The predicted molar refractivity (Wildman–Crippen MR) is 63.4 cm³/mol. The molecule has 2 heterocycles. The highest BCUT2D eigenvalue weighted by molar-refractivity contribution is 5.74. The number of fused-ring (bicyclic) bond motifs is 2. The Balaban J connectivity index is 1.72. The van der Waals surface area contributed by atoms with E-state index in [9.17, 15) is 4.79 Å². The van der Waals surface area contributed by atoms with Gasteiger partial charge < -0.3 is 0 Å². The Labute approximate surface area is 96.3 Å². The summed E-state index contributed by atoms with van der Waals surface area (Å²) in [6.07, 6.45) is 6.45. The van der Waals surface area contributed by atoms with Gasteiger partial charge >= 0.3 is 0 Å². The minimum atomic E-state index is 0.771. The Morgan fingerprint density at radius 1 is 1.06 bits per heavy atom. The van der Waals surface area contributed by atoms with Gasteiger partial charge in [0.05, 0.1) is 0 Å². The molecule has 2 nitrogen and oxygen atoms in total. The van der Waals surface area contributed by atoms with E-state index in [0.29, 0.717) is 0 Å². The number of rotatable bonds is 3. The first-order valence-electron chi connectivity index (χ1n) is 6.16. The van der Waals surface area contributed by atoms with E-state index in [1.54, 1.807) is 0 Å². The van der Waals surface area contributed by atoms with Gasteiger partial charge in [-0.1, -0.05) is 24.3 Å². The second-order valence-corrected chi connectivity index (χ2v) is 4.99. The van der Waals surface area contributed by atoms with Gasteiger partial charge in [-0.2, -0.15) is 0 Å². The van der Waals surface area contributed by atoms with Gasteiger partial charge in [0.1, 0.15) is 6.29 Å². The van der Waals surface area contributed by atoms with E-state index >= 15 is 0 Å². The van der Waals surface area contributed by atoms with Crippen molar-refractivity contribution in [3.05, 3.63) is 35.4 Å². The number of hydrogen-bond acceptors (Lipinski definition) is 2. The summed E-state index contributed by atoms with van der Waals surface area (Å²) >= 11 is 0. The van der Waals surface area contributed by atoms with Gasteiger partial charge in [-0.25, -0.2) is 0 Å². The second-order valence-electron chi connectivity index (χ2n) is 4.99. The molecule has 2 bridgehead atoms. The Morgan fingerprint density at radius 3 is 2.12 bits per heavy atom. The van der Waals surface area contributed by atoms with Crippen molar-refractivity contribution in [1.29, 1.82) is 0 Å². The summed E-state index contributed by atoms with van der Waals surface area (Å²) in [5, 5.41) is 0. The average Bonchev–Trinajstić information content (AvgIpc) is 2.90. The summed E-state index contributed by atoms with van der Waals surface area (Å²) in [4.78, 5) is 13.2. The van der Waals surface area contributed by atoms with Crippen molar-refractivity contribution in [1.82, 2.24) is 4.90 Å². The van der Waals surface area contributed by atoms with Gasteiger partial charge in [-0.3, -0.25) is 9.69 Å². The van der Waals surface area contributed by atoms with Crippen molar-refractivity contribution in [3.8, 4) is 0 Å². The van der Waals surface area contributed by atoms with E-state index in [1.165, 1.54) is 31.2 Å². The first kappa shape index (κ1) is 10.0. The Morgan fingerprint density at radius 2 is 1.62 bits per heavy atom. The molecule has 0 unspecified atom stereocenters. The van der Waals surface area contributed by atoms with Crippen LogP contribution in [0.15, 0.2) is 24.3 Å². The molecule has 2 aliphatic heterocycles. The summed E-state index contributed by atoms with van der Waals surface area (Å²) in [5.74, 6) is 0. The van der Waals surface area contributed by atoms with Gasteiger partial charge in [-0.15, -0.1) is 0 Å². The van der Waals surface area contributed by atoms with E-state index in [0.717, 1.165) is 30.5 Å². The fraction of sp³-hybridized carbons (Fsp3) is 0.500. The topological polar surface area (TPSA) is 20.3 Å². The Hall–Kier alpha value is -1.15. The van der Waals surface area contributed by atoms with E-state index < -0.39 is 0 Å². The minimum absolute atomic E-state index is 0.771. The van der Waals surface area contributed by atoms with Crippen LogP contribution in [-0.2, 0) is 6.54 Å². The average molecular weight is 215 g/mol. The molecule has 2 heteroatoms. The van der Waals surface area contributed by atoms with Crippen LogP contribution in [0.3, 0.4) is 0 Å². The van der Waals surface area contributed by atoms with Crippen LogP contribution in [0.25, 0.3) is 0 Å². The maximum atomic E-state index is 10.6. The molecule has 0 N–H and O–H groups in total. The summed E-state index contributed by atoms with van der Waals surface area (Å²) in [6, 6.07) is 9.66. The second kappa shape index (κ2) is 4.02. The molecule has 2 saturated heterocycles. The third-order valence-corrected chi connectivity index (χ3v) is 4.09. The summed E-state index contributed by atoms with van der Waals surface area (Å²) in [7, 11) is 0.